The maximum Gasteiger partial charge on any atom is 0.336 e. The van der Waals surface area contributed by atoms with Gasteiger partial charge in [0.05, 0.1) is 19.8 Å². The summed E-state index contributed by atoms with van der Waals surface area (Å²) in [4.78, 5) is 25.9. The number of aryl methyl sites for hydroxylation is 2. The van der Waals surface area contributed by atoms with Crippen molar-refractivity contribution in [2.24, 2.45) is 0 Å². The van der Waals surface area contributed by atoms with Gasteiger partial charge in [0.25, 0.3) is 0 Å². The van der Waals surface area contributed by atoms with Gasteiger partial charge in [-0.15, -0.1) is 0 Å². The van der Waals surface area contributed by atoms with E-state index in [0.29, 0.717) is 37.6 Å². The summed E-state index contributed by atoms with van der Waals surface area (Å²) in [5, 5.41) is 0.848. The number of carbonyl (C=O) groups excluding carboxylic acids is 1. The van der Waals surface area contributed by atoms with Gasteiger partial charge < -0.3 is 18.6 Å². The Balaban J connectivity index is 1.74. The van der Waals surface area contributed by atoms with Gasteiger partial charge in [-0.3, -0.25) is 9.69 Å². The number of para-hydroxylation sites is 1. The third-order valence-corrected chi connectivity index (χ3v) is 5.55. The van der Waals surface area contributed by atoms with Crippen LogP contribution < -0.4 is 15.1 Å². The van der Waals surface area contributed by atoms with Crippen LogP contribution in [0.5, 0.6) is 11.5 Å². The van der Waals surface area contributed by atoms with E-state index in [4.69, 9.17) is 18.6 Å². The Labute approximate surface area is 180 Å². The summed E-state index contributed by atoms with van der Waals surface area (Å²) in [5.41, 5.74) is 3.74. The fourth-order valence-corrected chi connectivity index (χ4v) is 4.01. The monoisotopic (exact) mass is 423 g/mol. The molecule has 162 valence electrons. The van der Waals surface area contributed by atoms with E-state index >= 15 is 0 Å². The minimum atomic E-state index is -0.392. The van der Waals surface area contributed by atoms with Crippen molar-refractivity contribution in [3.63, 3.8) is 0 Å². The summed E-state index contributed by atoms with van der Waals surface area (Å²) in [6.45, 7) is 3.42. The minimum absolute atomic E-state index is 0.249. The van der Waals surface area contributed by atoms with E-state index < -0.39 is 5.63 Å². The van der Waals surface area contributed by atoms with Crippen LogP contribution in [0.3, 0.4) is 0 Å². The van der Waals surface area contributed by atoms with Crippen molar-refractivity contribution in [3.05, 3.63) is 69.1 Å². The zero-order valence-electron chi connectivity index (χ0n) is 17.9. The molecule has 1 aromatic heterocycles. The Bertz CT molecular complexity index is 1180. The van der Waals surface area contributed by atoms with Crippen molar-refractivity contribution in [1.82, 2.24) is 4.90 Å². The Hall–Kier alpha value is -3.32. The average molecular weight is 423 g/mol. The van der Waals surface area contributed by atoms with E-state index in [1.165, 1.54) is 13.2 Å². The fraction of sp³-hybridized carbons (Fsp3) is 0.333. The van der Waals surface area contributed by atoms with E-state index in [1.54, 1.807) is 7.11 Å². The average Bonchev–Trinajstić information content (AvgIpc) is 2.78. The van der Waals surface area contributed by atoms with E-state index in [0.717, 1.165) is 33.4 Å². The quantitative estimate of drug-likeness (QED) is 0.443. The van der Waals surface area contributed by atoms with Crippen LogP contribution in [0.2, 0.25) is 0 Å². The first-order valence-corrected chi connectivity index (χ1v) is 10.1. The highest BCUT2D eigenvalue weighted by atomic mass is 16.5. The lowest BCUT2D eigenvalue weighted by Crippen LogP contribution is -2.32. The molecule has 0 saturated carbocycles. The normalized spacial score (nSPS) is 13.5. The molecule has 3 aromatic rings. The van der Waals surface area contributed by atoms with Crippen LogP contribution in [0.1, 0.15) is 28.7 Å². The number of methoxy groups -OCH3 is 2. The second-order valence-electron chi connectivity index (χ2n) is 7.62. The number of esters is 1. The predicted octanol–water partition coefficient (Wildman–Crippen LogP) is 3.57. The van der Waals surface area contributed by atoms with Gasteiger partial charge in [-0.1, -0.05) is 18.2 Å². The lowest BCUT2D eigenvalue weighted by atomic mass is 9.97. The maximum atomic E-state index is 12.1. The van der Waals surface area contributed by atoms with Gasteiger partial charge in [-0.2, -0.15) is 0 Å². The number of rotatable bonds is 6. The van der Waals surface area contributed by atoms with Gasteiger partial charge in [0.1, 0.15) is 23.8 Å². The van der Waals surface area contributed by atoms with Gasteiger partial charge in [0, 0.05) is 36.5 Å². The molecule has 0 unspecified atom stereocenters. The third kappa shape index (κ3) is 4.27. The SMILES string of the molecule is COC(=O)CCc1cc2c(C)cc(=O)oc2c2c1OCN(Cc1ccccc1OC)C2. The lowest BCUT2D eigenvalue weighted by Gasteiger charge is -2.31. The molecule has 4 rings (SSSR count). The maximum absolute atomic E-state index is 12.1. The fourth-order valence-electron chi connectivity index (χ4n) is 4.01. The van der Waals surface area contributed by atoms with Gasteiger partial charge >= 0.3 is 11.6 Å². The highest BCUT2D eigenvalue weighted by Crippen LogP contribution is 2.38. The first-order chi connectivity index (χ1) is 15.0. The molecule has 7 heteroatoms. The molecule has 1 aliphatic heterocycles. The number of hydrogen-bond acceptors (Lipinski definition) is 7. The van der Waals surface area contributed by atoms with Crippen LogP contribution in [0.4, 0.5) is 0 Å². The van der Waals surface area contributed by atoms with E-state index in [1.807, 2.05) is 37.3 Å². The van der Waals surface area contributed by atoms with Crippen LogP contribution >= 0.6 is 0 Å². The molecule has 0 amide bonds. The van der Waals surface area contributed by atoms with E-state index in [9.17, 15) is 9.59 Å². The molecule has 0 saturated heterocycles. The van der Waals surface area contributed by atoms with Crippen molar-refractivity contribution in [1.29, 1.82) is 0 Å². The zero-order chi connectivity index (χ0) is 22.0. The largest absolute Gasteiger partial charge is 0.496 e. The molecule has 2 aromatic carbocycles. The summed E-state index contributed by atoms with van der Waals surface area (Å²) < 4.78 is 22.0. The molecule has 7 nitrogen and oxygen atoms in total. The first-order valence-electron chi connectivity index (χ1n) is 10.1. The summed E-state index contributed by atoms with van der Waals surface area (Å²) in [5.74, 6) is 1.22. The van der Waals surface area contributed by atoms with Crippen molar-refractivity contribution in [2.45, 2.75) is 32.9 Å². The number of hydrogen-bond donors (Lipinski definition) is 0. The van der Waals surface area contributed by atoms with Crippen LogP contribution in [-0.4, -0.2) is 31.8 Å². The molecule has 0 radical (unpaired) electrons. The molecule has 2 heterocycles. The number of fused-ring (bicyclic) bond motifs is 3. The Morgan fingerprint density at radius 3 is 2.74 bits per heavy atom. The molecule has 0 aliphatic carbocycles. The molecule has 0 fully saturated rings. The summed E-state index contributed by atoms with van der Waals surface area (Å²) in [6.07, 6.45) is 0.731. The molecule has 0 bridgehead atoms. The number of nitrogens with zero attached hydrogens (tertiary/aromatic N) is 1. The topological polar surface area (TPSA) is 78.2 Å². The standard InChI is InChI=1S/C24H25NO6/c1-15-10-22(27)31-24-18(15)11-16(8-9-21(26)29-3)23-19(24)13-25(14-30-23)12-17-6-4-5-7-20(17)28-2/h4-7,10-11H,8-9,12-14H2,1-3H3. The van der Waals surface area contributed by atoms with Gasteiger partial charge in [0.15, 0.2) is 0 Å². The summed E-state index contributed by atoms with van der Waals surface area (Å²) in [7, 11) is 3.03. The van der Waals surface area contributed by atoms with Crippen molar-refractivity contribution >= 4 is 16.9 Å². The van der Waals surface area contributed by atoms with Crippen LogP contribution in [0, 0.1) is 6.92 Å². The third-order valence-electron chi connectivity index (χ3n) is 5.55. The smallest absolute Gasteiger partial charge is 0.336 e. The number of benzene rings is 2. The highest BCUT2D eigenvalue weighted by molar-refractivity contribution is 5.86. The van der Waals surface area contributed by atoms with Crippen LogP contribution in [-0.2, 0) is 29.0 Å². The second kappa shape index (κ2) is 8.81. The second-order valence-corrected chi connectivity index (χ2v) is 7.62. The number of carbonyl (C=O) groups is 1. The molecule has 0 N–H and O–H groups in total. The van der Waals surface area contributed by atoms with E-state index in [-0.39, 0.29) is 12.4 Å². The van der Waals surface area contributed by atoms with Gasteiger partial charge in [-0.25, -0.2) is 4.79 Å². The Morgan fingerprint density at radius 2 is 1.97 bits per heavy atom. The molecule has 31 heavy (non-hydrogen) atoms. The van der Waals surface area contributed by atoms with Crippen molar-refractivity contribution in [2.75, 3.05) is 21.0 Å². The predicted molar refractivity (Wildman–Crippen MR) is 115 cm³/mol. The molecule has 1 aliphatic rings. The zero-order valence-corrected chi connectivity index (χ0v) is 17.9. The Kier molecular flexibility index (Phi) is 5.95. The minimum Gasteiger partial charge on any atom is -0.496 e. The van der Waals surface area contributed by atoms with Crippen molar-refractivity contribution in [3.8, 4) is 11.5 Å². The summed E-state index contributed by atoms with van der Waals surface area (Å²) >= 11 is 0. The first kappa shape index (κ1) is 20.9. The molecule has 0 spiro atoms. The van der Waals surface area contributed by atoms with Crippen LogP contribution in [0.25, 0.3) is 11.0 Å². The van der Waals surface area contributed by atoms with Gasteiger partial charge in [0.2, 0.25) is 0 Å². The van der Waals surface area contributed by atoms with E-state index in [2.05, 4.69) is 4.90 Å². The summed E-state index contributed by atoms with van der Waals surface area (Å²) in [6, 6.07) is 11.3. The van der Waals surface area contributed by atoms with Gasteiger partial charge in [-0.05, 0) is 36.6 Å². The molecule has 0 atom stereocenters. The highest BCUT2D eigenvalue weighted by Gasteiger charge is 2.26. The number of ether oxygens (including phenoxy) is 3. The lowest BCUT2D eigenvalue weighted by molar-refractivity contribution is -0.140. The van der Waals surface area contributed by atoms with Crippen LogP contribution in [0.15, 0.2) is 45.6 Å². The Morgan fingerprint density at radius 1 is 1.16 bits per heavy atom. The van der Waals surface area contributed by atoms with Crippen molar-refractivity contribution < 1.29 is 23.4 Å². The molecular weight excluding hydrogens is 398 g/mol. The molecular formula is C24H25NO6.